The van der Waals surface area contributed by atoms with Crippen molar-refractivity contribution in [1.29, 1.82) is 0 Å². The van der Waals surface area contributed by atoms with Gasteiger partial charge in [0.15, 0.2) is 0 Å². The molecule has 0 radical (unpaired) electrons. The van der Waals surface area contributed by atoms with Crippen molar-refractivity contribution in [1.82, 2.24) is 9.88 Å². The number of nitrogens with zero attached hydrogens (tertiary/aromatic N) is 1. The van der Waals surface area contributed by atoms with E-state index in [1.807, 2.05) is 65.4 Å². The van der Waals surface area contributed by atoms with Crippen LogP contribution < -0.4 is 10.1 Å². The summed E-state index contributed by atoms with van der Waals surface area (Å²) in [5, 5.41) is 13.4. The van der Waals surface area contributed by atoms with Crippen LogP contribution in [0.25, 0.3) is 10.9 Å². The van der Waals surface area contributed by atoms with Crippen molar-refractivity contribution in [2.75, 3.05) is 13.7 Å². The average molecular weight is 324 g/mol. The van der Waals surface area contributed by atoms with Crippen molar-refractivity contribution in [2.24, 2.45) is 0 Å². The van der Waals surface area contributed by atoms with Gasteiger partial charge < -0.3 is 19.7 Å². The van der Waals surface area contributed by atoms with Gasteiger partial charge in [0.05, 0.1) is 25.3 Å². The number of aliphatic hydroxyl groups is 1. The summed E-state index contributed by atoms with van der Waals surface area (Å²) < 4.78 is 7.21. The lowest BCUT2D eigenvalue weighted by atomic mass is 10.1. The number of fused-ring (bicyclic) bond motifs is 1. The largest absolute Gasteiger partial charge is 0.496 e. The highest BCUT2D eigenvalue weighted by Crippen LogP contribution is 2.26. The van der Waals surface area contributed by atoms with Gasteiger partial charge in [0.1, 0.15) is 12.3 Å². The minimum atomic E-state index is -0.407. The van der Waals surface area contributed by atoms with Crippen LogP contribution in [-0.2, 0) is 11.3 Å². The van der Waals surface area contributed by atoms with Crippen LogP contribution in [0.5, 0.6) is 5.75 Å². The van der Waals surface area contributed by atoms with E-state index in [2.05, 4.69) is 5.32 Å². The third-order valence-electron chi connectivity index (χ3n) is 4.03. The fourth-order valence-corrected chi connectivity index (χ4v) is 2.83. The van der Waals surface area contributed by atoms with E-state index < -0.39 is 6.04 Å². The zero-order valence-corrected chi connectivity index (χ0v) is 13.5. The van der Waals surface area contributed by atoms with Crippen LogP contribution in [0.1, 0.15) is 11.6 Å². The van der Waals surface area contributed by atoms with Crippen molar-refractivity contribution in [3.05, 3.63) is 66.4 Å². The van der Waals surface area contributed by atoms with E-state index in [-0.39, 0.29) is 19.1 Å². The second kappa shape index (κ2) is 7.19. The van der Waals surface area contributed by atoms with Gasteiger partial charge in [-0.15, -0.1) is 0 Å². The SMILES string of the molecule is COc1cccc2c1ccn2CC(=O)NC(CO)c1ccccc1. The molecule has 0 saturated heterocycles. The molecule has 0 aliphatic rings. The first-order valence-electron chi connectivity index (χ1n) is 7.80. The molecule has 3 aromatic rings. The maximum Gasteiger partial charge on any atom is 0.240 e. The second-order valence-electron chi connectivity index (χ2n) is 5.55. The molecule has 1 atom stereocenters. The van der Waals surface area contributed by atoms with Crippen LogP contribution in [0, 0.1) is 0 Å². The van der Waals surface area contributed by atoms with E-state index >= 15 is 0 Å². The minimum Gasteiger partial charge on any atom is -0.496 e. The Balaban J connectivity index is 1.75. The fourth-order valence-electron chi connectivity index (χ4n) is 2.83. The Morgan fingerprint density at radius 1 is 1.17 bits per heavy atom. The predicted octanol–water partition coefficient (Wildman–Crippen LogP) is 2.50. The number of rotatable bonds is 6. The molecule has 1 heterocycles. The first kappa shape index (κ1) is 16.1. The number of carbonyl (C=O) groups is 1. The van der Waals surface area contributed by atoms with E-state index in [4.69, 9.17) is 4.74 Å². The summed E-state index contributed by atoms with van der Waals surface area (Å²) in [5.41, 5.74) is 1.82. The summed E-state index contributed by atoms with van der Waals surface area (Å²) in [4.78, 5) is 12.4. The molecule has 0 spiro atoms. The molecule has 0 saturated carbocycles. The van der Waals surface area contributed by atoms with Crippen molar-refractivity contribution >= 4 is 16.8 Å². The van der Waals surface area contributed by atoms with E-state index in [1.54, 1.807) is 7.11 Å². The van der Waals surface area contributed by atoms with Crippen molar-refractivity contribution < 1.29 is 14.6 Å². The van der Waals surface area contributed by atoms with Crippen LogP contribution in [0.2, 0.25) is 0 Å². The van der Waals surface area contributed by atoms with Crippen LogP contribution in [0.3, 0.4) is 0 Å². The standard InChI is InChI=1S/C19H20N2O3/c1-24-18-9-5-8-17-15(18)10-11-21(17)12-19(23)20-16(13-22)14-6-3-2-4-7-14/h2-11,16,22H,12-13H2,1H3,(H,20,23). The average Bonchev–Trinajstić information content (AvgIpc) is 3.03. The maximum absolute atomic E-state index is 12.4. The quantitative estimate of drug-likeness (QED) is 0.732. The number of carbonyl (C=O) groups excluding carboxylic acids is 1. The van der Waals surface area contributed by atoms with E-state index in [9.17, 15) is 9.90 Å². The first-order valence-corrected chi connectivity index (χ1v) is 7.80. The molecule has 0 bridgehead atoms. The molecule has 124 valence electrons. The highest BCUT2D eigenvalue weighted by atomic mass is 16.5. The summed E-state index contributed by atoms with van der Waals surface area (Å²) in [6, 6.07) is 16.7. The molecule has 0 fully saturated rings. The van der Waals surface area contributed by atoms with Gasteiger partial charge in [-0.3, -0.25) is 4.79 Å². The smallest absolute Gasteiger partial charge is 0.240 e. The van der Waals surface area contributed by atoms with Crippen molar-refractivity contribution in [3.63, 3.8) is 0 Å². The van der Waals surface area contributed by atoms with E-state index in [0.29, 0.717) is 0 Å². The second-order valence-corrected chi connectivity index (χ2v) is 5.55. The number of benzene rings is 2. The number of methoxy groups -OCH3 is 1. The Bertz CT molecular complexity index is 827. The normalized spacial score (nSPS) is 12.1. The Morgan fingerprint density at radius 3 is 2.67 bits per heavy atom. The Labute approximate surface area is 140 Å². The molecule has 0 aliphatic heterocycles. The van der Waals surface area contributed by atoms with E-state index in [1.165, 1.54) is 0 Å². The number of ether oxygens (including phenoxy) is 1. The lowest BCUT2D eigenvalue weighted by Crippen LogP contribution is -2.33. The molecule has 1 unspecified atom stereocenters. The molecular weight excluding hydrogens is 304 g/mol. The van der Waals surface area contributed by atoms with E-state index in [0.717, 1.165) is 22.2 Å². The van der Waals surface area contributed by atoms with Gasteiger partial charge in [0.25, 0.3) is 0 Å². The lowest BCUT2D eigenvalue weighted by Gasteiger charge is -2.17. The maximum atomic E-state index is 12.4. The molecule has 0 aliphatic carbocycles. The zero-order chi connectivity index (χ0) is 16.9. The third kappa shape index (κ3) is 3.26. The highest BCUT2D eigenvalue weighted by Gasteiger charge is 2.14. The molecule has 5 nitrogen and oxygen atoms in total. The van der Waals surface area contributed by atoms with Gasteiger partial charge in [0.2, 0.25) is 5.91 Å². The van der Waals surface area contributed by atoms with Gasteiger partial charge in [-0.05, 0) is 23.8 Å². The van der Waals surface area contributed by atoms with Crippen LogP contribution in [-0.4, -0.2) is 29.3 Å². The summed E-state index contributed by atoms with van der Waals surface area (Å²) in [7, 11) is 1.63. The molecular formula is C19H20N2O3. The topological polar surface area (TPSA) is 63.5 Å². The zero-order valence-electron chi connectivity index (χ0n) is 13.5. The Kier molecular flexibility index (Phi) is 4.82. The van der Waals surface area contributed by atoms with Crippen LogP contribution in [0.4, 0.5) is 0 Å². The van der Waals surface area contributed by atoms with Gasteiger partial charge >= 0.3 is 0 Å². The third-order valence-corrected chi connectivity index (χ3v) is 4.03. The summed E-state index contributed by atoms with van der Waals surface area (Å²) in [5.74, 6) is 0.627. The van der Waals surface area contributed by atoms with Crippen molar-refractivity contribution in [3.8, 4) is 5.75 Å². The summed E-state index contributed by atoms with van der Waals surface area (Å²) in [6.45, 7) is 0.0377. The Hall–Kier alpha value is -2.79. The molecule has 1 aromatic heterocycles. The number of hydrogen-bond acceptors (Lipinski definition) is 3. The van der Waals surface area contributed by atoms with Gasteiger partial charge in [-0.1, -0.05) is 36.4 Å². The lowest BCUT2D eigenvalue weighted by molar-refractivity contribution is -0.122. The molecule has 2 aromatic carbocycles. The van der Waals surface area contributed by atoms with Crippen LogP contribution in [0.15, 0.2) is 60.8 Å². The van der Waals surface area contributed by atoms with Crippen LogP contribution >= 0.6 is 0 Å². The highest BCUT2D eigenvalue weighted by molar-refractivity contribution is 5.88. The number of aliphatic hydroxyl groups excluding tert-OH is 1. The molecule has 5 heteroatoms. The number of nitrogens with one attached hydrogen (secondary N) is 1. The molecule has 1 amide bonds. The Morgan fingerprint density at radius 2 is 1.96 bits per heavy atom. The molecule has 24 heavy (non-hydrogen) atoms. The van der Waals surface area contributed by atoms with Crippen molar-refractivity contribution in [2.45, 2.75) is 12.6 Å². The molecule has 3 rings (SSSR count). The monoisotopic (exact) mass is 324 g/mol. The van der Waals surface area contributed by atoms with Gasteiger partial charge in [-0.2, -0.15) is 0 Å². The van der Waals surface area contributed by atoms with Gasteiger partial charge in [-0.25, -0.2) is 0 Å². The number of aromatic nitrogens is 1. The number of hydrogen-bond donors (Lipinski definition) is 2. The first-order chi connectivity index (χ1) is 11.7. The van der Waals surface area contributed by atoms with Gasteiger partial charge in [0, 0.05) is 11.6 Å². The summed E-state index contributed by atoms with van der Waals surface area (Å²) >= 11 is 0. The summed E-state index contributed by atoms with van der Waals surface area (Å²) in [6.07, 6.45) is 1.86. The predicted molar refractivity (Wildman–Crippen MR) is 92.9 cm³/mol. The minimum absolute atomic E-state index is 0.143. The fraction of sp³-hybridized carbons (Fsp3) is 0.211. The molecule has 2 N–H and O–H groups in total. The number of amides is 1.